The molecule has 0 spiro atoms. The molecule has 0 aromatic heterocycles. The smallest absolute Gasteiger partial charge is 0.211 e. The molecule has 0 bridgehead atoms. The average molecular weight is 260 g/mol. The zero-order chi connectivity index (χ0) is 13.7. The van der Waals surface area contributed by atoms with Gasteiger partial charge >= 0.3 is 0 Å². The van der Waals surface area contributed by atoms with E-state index in [4.69, 9.17) is 0 Å². The molecule has 2 unspecified atom stereocenters. The number of rotatable bonds is 0. The Morgan fingerprint density at radius 1 is 0.800 bits per heavy atom. The first-order valence-electron chi connectivity index (χ1n) is 6.71. The Hall–Kier alpha value is -2.48. The Morgan fingerprint density at radius 3 is 2.55 bits per heavy atom. The normalized spacial score (nSPS) is 26.4. The zero-order valence-corrected chi connectivity index (χ0v) is 10.7. The number of allylic oxidation sites excluding steroid dienone is 7. The van der Waals surface area contributed by atoms with Crippen molar-refractivity contribution in [2.45, 2.75) is 5.92 Å². The molecule has 0 N–H and O–H groups in total. The minimum atomic E-state index is -0.425. The summed E-state index contributed by atoms with van der Waals surface area (Å²) in [5.41, 5.74) is 3.90. The van der Waals surface area contributed by atoms with Gasteiger partial charge in [-0.05, 0) is 22.3 Å². The van der Waals surface area contributed by atoms with Crippen molar-refractivity contribution in [2.24, 2.45) is 5.92 Å². The van der Waals surface area contributed by atoms with E-state index in [0.717, 1.165) is 22.3 Å². The van der Waals surface area contributed by atoms with Crippen LogP contribution in [0.2, 0.25) is 0 Å². The van der Waals surface area contributed by atoms with Crippen molar-refractivity contribution in [3.05, 3.63) is 76.9 Å². The van der Waals surface area contributed by atoms with Gasteiger partial charge in [0.25, 0.3) is 0 Å². The maximum atomic E-state index is 12.5. The Bertz CT molecular complexity index is 759. The molecule has 3 aliphatic rings. The molecule has 1 aromatic rings. The fourth-order valence-corrected chi connectivity index (χ4v) is 3.26. The van der Waals surface area contributed by atoms with Gasteiger partial charge in [0.05, 0.1) is 11.8 Å². The van der Waals surface area contributed by atoms with E-state index in [-0.39, 0.29) is 11.6 Å². The van der Waals surface area contributed by atoms with Gasteiger partial charge in [0.15, 0.2) is 0 Å². The standard InChI is InChI=1S/C18H12O2/c19-17-15-8-4-3-7-13(15)14-10-9-11-5-1-2-6-12(11)16(14)18(17)20/h1-10,15-16H. The van der Waals surface area contributed by atoms with Crippen LogP contribution in [0.25, 0.3) is 6.08 Å². The Kier molecular flexibility index (Phi) is 2.27. The summed E-state index contributed by atoms with van der Waals surface area (Å²) < 4.78 is 0. The van der Waals surface area contributed by atoms with Gasteiger partial charge in [-0.3, -0.25) is 9.59 Å². The molecule has 0 aliphatic heterocycles. The minimum Gasteiger partial charge on any atom is -0.290 e. The quantitative estimate of drug-likeness (QED) is 0.672. The van der Waals surface area contributed by atoms with E-state index in [1.807, 2.05) is 60.7 Å². The predicted octanol–water partition coefficient (Wildman–Crippen LogP) is 2.99. The molecule has 0 fully saturated rings. The second kappa shape index (κ2) is 4.01. The molecular weight excluding hydrogens is 248 g/mol. The van der Waals surface area contributed by atoms with Gasteiger partial charge in [-0.2, -0.15) is 0 Å². The van der Waals surface area contributed by atoms with Crippen molar-refractivity contribution in [1.82, 2.24) is 0 Å². The van der Waals surface area contributed by atoms with Crippen LogP contribution in [-0.4, -0.2) is 11.6 Å². The monoisotopic (exact) mass is 260 g/mol. The molecule has 2 nitrogen and oxygen atoms in total. The number of benzene rings is 1. The number of hydrogen-bond acceptors (Lipinski definition) is 2. The molecule has 0 saturated heterocycles. The van der Waals surface area contributed by atoms with Crippen molar-refractivity contribution in [1.29, 1.82) is 0 Å². The molecule has 0 heterocycles. The zero-order valence-electron chi connectivity index (χ0n) is 10.7. The van der Waals surface area contributed by atoms with E-state index in [0.29, 0.717) is 0 Å². The van der Waals surface area contributed by atoms with E-state index < -0.39 is 11.8 Å². The molecule has 2 heteroatoms. The van der Waals surface area contributed by atoms with Crippen molar-refractivity contribution < 1.29 is 9.59 Å². The van der Waals surface area contributed by atoms with Crippen LogP contribution in [0, 0.1) is 5.92 Å². The summed E-state index contributed by atoms with van der Waals surface area (Å²) in [5.74, 6) is -1.40. The maximum Gasteiger partial charge on any atom is 0.211 e. The summed E-state index contributed by atoms with van der Waals surface area (Å²) in [7, 11) is 0. The number of hydrogen-bond donors (Lipinski definition) is 0. The molecule has 20 heavy (non-hydrogen) atoms. The van der Waals surface area contributed by atoms with Crippen LogP contribution in [0.15, 0.2) is 65.8 Å². The average Bonchev–Trinajstić information content (AvgIpc) is 2.51. The molecule has 96 valence electrons. The summed E-state index contributed by atoms with van der Waals surface area (Å²) in [5, 5.41) is 0. The third-order valence-electron chi connectivity index (χ3n) is 4.21. The Morgan fingerprint density at radius 2 is 1.65 bits per heavy atom. The second-order valence-corrected chi connectivity index (χ2v) is 5.26. The van der Waals surface area contributed by atoms with Crippen LogP contribution in [0.3, 0.4) is 0 Å². The second-order valence-electron chi connectivity index (χ2n) is 5.26. The van der Waals surface area contributed by atoms with Gasteiger partial charge in [-0.15, -0.1) is 0 Å². The van der Waals surface area contributed by atoms with Crippen molar-refractivity contribution >= 4 is 17.6 Å². The van der Waals surface area contributed by atoms with Crippen molar-refractivity contribution in [2.75, 3.05) is 0 Å². The molecule has 3 aliphatic carbocycles. The van der Waals surface area contributed by atoms with E-state index >= 15 is 0 Å². The van der Waals surface area contributed by atoms with E-state index in [2.05, 4.69) is 0 Å². The van der Waals surface area contributed by atoms with Gasteiger partial charge in [0.2, 0.25) is 11.6 Å². The van der Waals surface area contributed by atoms with Crippen LogP contribution in [0.1, 0.15) is 17.0 Å². The third-order valence-corrected chi connectivity index (χ3v) is 4.21. The van der Waals surface area contributed by atoms with E-state index in [1.54, 1.807) is 0 Å². The Labute approximate surface area is 116 Å². The van der Waals surface area contributed by atoms with Crippen LogP contribution < -0.4 is 0 Å². The highest BCUT2D eigenvalue weighted by atomic mass is 16.2. The van der Waals surface area contributed by atoms with Gasteiger partial charge in [-0.25, -0.2) is 0 Å². The first-order valence-corrected chi connectivity index (χ1v) is 6.71. The molecule has 0 saturated carbocycles. The van der Waals surface area contributed by atoms with E-state index in [9.17, 15) is 9.59 Å². The number of fused-ring (bicyclic) bond motifs is 4. The fraction of sp³-hybridized carbons (Fsp3) is 0.111. The van der Waals surface area contributed by atoms with E-state index in [1.165, 1.54) is 0 Å². The van der Waals surface area contributed by atoms with Crippen LogP contribution in [0.5, 0.6) is 0 Å². The highest BCUT2D eigenvalue weighted by molar-refractivity contribution is 6.43. The molecular formula is C18H12O2. The highest BCUT2D eigenvalue weighted by Gasteiger charge is 2.42. The SMILES string of the molecule is O=C1C(=O)C2C(=C3C=CC=CC13)C=Cc1ccccc12. The van der Waals surface area contributed by atoms with Crippen LogP contribution >= 0.6 is 0 Å². The number of Topliss-reactive ketones (excluding diaryl/α,β-unsaturated/α-hetero) is 2. The number of carbonyl (C=O) groups excluding carboxylic acids is 2. The summed E-state index contributed by atoms with van der Waals surface area (Å²) in [6, 6.07) is 7.79. The van der Waals surface area contributed by atoms with Crippen LogP contribution in [0.4, 0.5) is 0 Å². The lowest BCUT2D eigenvalue weighted by molar-refractivity contribution is -0.138. The first kappa shape index (κ1) is 11.4. The highest BCUT2D eigenvalue weighted by Crippen LogP contribution is 2.43. The lowest BCUT2D eigenvalue weighted by Gasteiger charge is -2.32. The van der Waals surface area contributed by atoms with Gasteiger partial charge < -0.3 is 0 Å². The molecule has 2 atom stereocenters. The van der Waals surface area contributed by atoms with Gasteiger partial charge in [0.1, 0.15) is 0 Å². The van der Waals surface area contributed by atoms with Crippen molar-refractivity contribution in [3.63, 3.8) is 0 Å². The maximum absolute atomic E-state index is 12.5. The van der Waals surface area contributed by atoms with Gasteiger partial charge in [-0.1, -0.05) is 60.7 Å². The molecule has 0 radical (unpaired) electrons. The lowest BCUT2D eigenvalue weighted by Crippen LogP contribution is -2.36. The topological polar surface area (TPSA) is 34.1 Å². The fourth-order valence-electron chi connectivity index (χ4n) is 3.26. The summed E-state index contributed by atoms with van der Waals surface area (Å²) in [6.45, 7) is 0. The van der Waals surface area contributed by atoms with Crippen LogP contribution in [-0.2, 0) is 9.59 Å². The van der Waals surface area contributed by atoms with Crippen molar-refractivity contribution in [3.8, 4) is 0 Å². The minimum absolute atomic E-state index is 0.287. The summed E-state index contributed by atoms with van der Waals surface area (Å²) in [6.07, 6.45) is 11.5. The molecule has 1 aromatic carbocycles. The van der Waals surface area contributed by atoms with Gasteiger partial charge in [0, 0.05) is 0 Å². The largest absolute Gasteiger partial charge is 0.290 e. The summed E-state index contributed by atoms with van der Waals surface area (Å²) >= 11 is 0. The lowest BCUT2D eigenvalue weighted by atomic mass is 9.68. The Balaban J connectivity index is 2.01. The third kappa shape index (κ3) is 1.39. The molecule has 0 amide bonds. The predicted molar refractivity (Wildman–Crippen MR) is 77.0 cm³/mol. The first-order chi connectivity index (χ1) is 9.77. The number of carbonyl (C=O) groups is 2. The number of ketones is 2. The summed E-state index contributed by atoms with van der Waals surface area (Å²) in [4.78, 5) is 24.8. The molecule has 4 rings (SSSR count).